The predicted molar refractivity (Wildman–Crippen MR) is 83.0 cm³/mol. The number of aliphatic hydroxyl groups excluding tert-OH is 4. The third-order valence-electron chi connectivity index (χ3n) is 3.90. The summed E-state index contributed by atoms with van der Waals surface area (Å²) in [5, 5.41) is 41.7. The Kier molecular flexibility index (Phi) is 4.73. The number of aliphatic hydroxyl groups is 4. The van der Waals surface area contributed by atoms with Crippen LogP contribution < -0.4 is 5.32 Å². The molecule has 5 N–H and O–H groups in total. The van der Waals surface area contributed by atoms with E-state index in [0.717, 1.165) is 0 Å². The van der Waals surface area contributed by atoms with Gasteiger partial charge in [-0.1, -0.05) is 6.08 Å². The normalized spacial score (nSPS) is 28.2. The maximum absolute atomic E-state index is 10.1. The van der Waals surface area contributed by atoms with Crippen LogP contribution >= 0.6 is 0 Å². The first-order valence-electron chi connectivity index (χ1n) is 7.41. The summed E-state index contributed by atoms with van der Waals surface area (Å²) in [5.41, 5.74) is 0.807. The fourth-order valence-electron chi connectivity index (χ4n) is 2.56. The predicted octanol–water partition coefficient (Wildman–Crippen LogP) is -1.60. The molecule has 2 aromatic rings. The van der Waals surface area contributed by atoms with Crippen molar-refractivity contribution in [2.45, 2.75) is 30.6 Å². The van der Waals surface area contributed by atoms with Crippen LogP contribution in [0.4, 0.5) is 5.82 Å². The number of fused-ring (bicyclic) bond motifs is 1. The van der Waals surface area contributed by atoms with Gasteiger partial charge in [-0.25, -0.2) is 15.0 Å². The Labute approximate surface area is 137 Å². The highest BCUT2D eigenvalue weighted by atomic mass is 16.6. The lowest BCUT2D eigenvalue weighted by Crippen LogP contribution is -2.33. The summed E-state index contributed by atoms with van der Waals surface area (Å²) in [6, 6.07) is 0. The summed E-state index contributed by atoms with van der Waals surface area (Å²) >= 11 is 0. The van der Waals surface area contributed by atoms with Gasteiger partial charge in [-0.3, -0.25) is 4.57 Å². The molecule has 1 saturated heterocycles. The number of anilines is 1. The lowest BCUT2D eigenvalue weighted by Gasteiger charge is -2.16. The van der Waals surface area contributed by atoms with Crippen LogP contribution in [0.3, 0.4) is 0 Å². The maximum atomic E-state index is 10.1. The molecule has 0 aromatic carbocycles. The highest BCUT2D eigenvalue weighted by Crippen LogP contribution is 2.31. The molecule has 1 fully saturated rings. The molecule has 0 radical (unpaired) electrons. The van der Waals surface area contributed by atoms with Crippen LogP contribution in [0.1, 0.15) is 6.23 Å². The highest BCUT2D eigenvalue weighted by Gasteiger charge is 2.44. The number of nitrogens with one attached hydrogen (secondary N) is 1. The minimum atomic E-state index is -1.23. The first-order valence-corrected chi connectivity index (χ1v) is 7.41. The number of aromatic nitrogens is 4. The fourth-order valence-corrected chi connectivity index (χ4v) is 2.56. The minimum Gasteiger partial charge on any atom is -0.394 e. The molecule has 3 rings (SSSR count). The van der Waals surface area contributed by atoms with Crippen LogP contribution in [0, 0.1) is 0 Å². The van der Waals surface area contributed by atoms with Gasteiger partial charge in [0.2, 0.25) is 0 Å². The van der Waals surface area contributed by atoms with E-state index in [2.05, 4.69) is 26.8 Å². The molecule has 0 amide bonds. The molecule has 1 aliphatic heterocycles. The fraction of sp³-hybridized carbons (Fsp3) is 0.500. The number of hydrogen-bond acceptors (Lipinski definition) is 9. The lowest BCUT2D eigenvalue weighted by molar-refractivity contribution is -0.0511. The summed E-state index contributed by atoms with van der Waals surface area (Å²) in [6.45, 7) is 3.28. The van der Waals surface area contributed by atoms with Gasteiger partial charge in [0.05, 0.1) is 19.0 Å². The SMILES string of the molecule is C=CC(O)CNc1ncnc2c1ncn2[C@@H]1O[C@H](CO)[C@@H](O)[C@H]1O. The van der Waals surface area contributed by atoms with Gasteiger partial charge < -0.3 is 30.5 Å². The highest BCUT2D eigenvalue weighted by molar-refractivity contribution is 5.82. The Morgan fingerprint density at radius 1 is 1.33 bits per heavy atom. The molecule has 0 aliphatic carbocycles. The Morgan fingerprint density at radius 3 is 2.79 bits per heavy atom. The summed E-state index contributed by atoms with van der Waals surface area (Å²) in [4.78, 5) is 12.4. The molecule has 5 atom stereocenters. The molecule has 10 nitrogen and oxygen atoms in total. The van der Waals surface area contributed by atoms with E-state index < -0.39 is 37.3 Å². The van der Waals surface area contributed by atoms with Crippen LogP contribution in [0.2, 0.25) is 0 Å². The first-order chi connectivity index (χ1) is 11.6. The van der Waals surface area contributed by atoms with Crippen molar-refractivity contribution in [2.24, 2.45) is 0 Å². The van der Waals surface area contributed by atoms with E-state index >= 15 is 0 Å². The number of imidazole rings is 1. The molecule has 1 unspecified atom stereocenters. The molecule has 0 bridgehead atoms. The van der Waals surface area contributed by atoms with Gasteiger partial charge in [0.1, 0.15) is 24.6 Å². The van der Waals surface area contributed by atoms with Crippen LogP contribution in [-0.2, 0) is 4.74 Å². The first kappa shape index (κ1) is 16.7. The van der Waals surface area contributed by atoms with Gasteiger partial charge in [0.25, 0.3) is 0 Å². The second-order valence-corrected chi connectivity index (χ2v) is 5.46. The number of hydrogen-bond donors (Lipinski definition) is 5. The molecule has 24 heavy (non-hydrogen) atoms. The second-order valence-electron chi connectivity index (χ2n) is 5.46. The summed E-state index contributed by atoms with van der Waals surface area (Å²) in [7, 11) is 0. The van der Waals surface area contributed by atoms with E-state index in [1.165, 1.54) is 23.3 Å². The number of rotatable bonds is 6. The number of nitrogens with zero attached hydrogens (tertiary/aromatic N) is 4. The summed E-state index contributed by atoms with van der Waals surface area (Å²) in [5.74, 6) is 0.409. The molecule has 1 aliphatic rings. The van der Waals surface area contributed by atoms with Crippen LogP contribution in [0.5, 0.6) is 0 Å². The van der Waals surface area contributed by atoms with Gasteiger partial charge in [0.15, 0.2) is 23.2 Å². The van der Waals surface area contributed by atoms with Gasteiger partial charge in [-0.15, -0.1) is 6.58 Å². The Bertz CT molecular complexity index is 723. The minimum absolute atomic E-state index is 0.205. The topological polar surface area (TPSA) is 146 Å². The van der Waals surface area contributed by atoms with Crippen molar-refractivity contribution in [1.82, 2.24) is 19.5 Å². The molecule has 3 heterocycles. The Morgan fingerprint density at radius 2 is 2.12 bits per heavy atom. The average Bonchev–Trinajstić information content (AvgIpc) is 3.15. The van der Waals surface area contributed by atoms with E-state index in [0.29, 0.717) is 17.0 Å². The quantitative estimate of drug-likeness (QED) is 0.393. The van der Waals surface area contributed by atoms with E-state index in [1.807, 2.05) is 0 Å². The second kappa shape index (κ2) is 6.79. The zero-order valence-corrected chi connectivity index (χ0v) is 12.7. The molecular formula is C14H19N5O5. The molecule has 10 heteroatoms. The van der Waals surface area contributed by atoms with E-state index in [-0.39, 0.29) is 6.54 Å². The molecule has 0 spiro atoms. The van der Waals surface area contributed by atoms with Crippen molar-refractivity contribution < 1.29 is 25.2 Å². The standard InChI is InChI=1S/C14H19N5O5/c1-2-7(21)3-15-12-9-13(17-5-16-12)19(6-18-9)14-11(23)10(22)8(4-20)24-14/h2,5-8,10-11,14,20-23H,1,3-4H2,(H,15,16,17)/t7?,8-,10-,11-,14-/m1/s1. The van der Waals surface area contributed by atoms with Crippen molar-refractivity contribution in [3.8, 4) is 0 Å². The smallest absolute Gasteiger partial charge is 0.167 e. The maximum Gasteiger partial charge on any atom is 0.167 e. The van der Waals surface area contributed by atoms with Crippen LogP contribution in [0.15, 0.2) is 25.3 Å². The third kappa shape index (κ3) is 2.85. The largest absolute Gasteiger partial charge is 0.394 e. The van der Waals surface area contributed by atoms with Crippen LogP contribution in [0.25, 0.3) is 11.2 Å². The summed E-state index contributed by atoms with van der Waals surface area (Å²) < 4.78 is 6.95. The van der Waals surface area contributed by atoms with Crippen molar-refractivity contribution in [3.05, 3.63) is 25.3 Å². The van der Waals surface area contributed by atoms with E-state index in [4.69, 9.17) is 4.74 Å². The Balaban J connectivity index is 1.90. The zero-order valence-electron chi connectivity index (χ0n) is 12.7. The van der Waals surface area contributed by atoms with Crippen molar-refractivity contribution in [2.75, 3.05) is 18.5 Å². The molecular weight excluding hydrogens is 318 g/mol. The van der Waals surface area contributed by atoms with Crippen molar-refractivity contribution in [1.29, 1.82) is 0 Å². The zero-order chi connectivity index (χ0) is 17.3. The Hall–Kier alpha value is -2.11. The van der Waals surface area contributed by atoms with Gasteiger partial charge >= 0.3 is 0 Å². The average molecular weight is 337 g/mol. The van der Waals surface area contributed by atoms with Crippen molar-refractivity contribution in [3.63, 3.8) is 0 Å². The van der Waals surface area contributed by atoms with Gasteiger partial charge in [-0.05, 0) is 0 Å². The molecule has 0 saturated carbocycles. The third-order valence-corrected chi connectivity index (χ3v) is 3.90. The molecule has 130 valence electrons. The summed E-state index contributed by atoms with van der Waals surface area (Å²) in [6.07, 6.45) is -0.874. The van der Waals surface area contributed by atoms with E-state index in [1.54, 1.807) is 0 Å². The van der Waals surface area contributed by atoms with Gasteiger partial charge in [-0.2, -0.15) is 0 Å². The number of ether oxygens (including phenoxy) is 1. The van der Waals surface area contributed by atoms with Crippen molar-refractivity contribution >= 4 is 17.0 Å². The van der Waals surface area contributed by atoms with E-state index in [9.17, 15) is 20.4 Å². The lowest BCUT2D eigenvalue weighted by atomic mass is 10.1. The molecule has 2 aromatic heterocycles. The monoisotopic (exact) mass is 337 g/mol. The van der Waals surface area contributed by atoms with Crippen LogP contribution in [-0.4, -0.2) is 77.5 Å². The van der Waals surface area contributed by atoms with Gasteiger partial charge in [0, 0.05) is 6.54 Å².